The van der Waals surface area contributed by atoms with E-state index >= 15 is 0 Å². The summed E-state index contributed by atoms with van der Waals surface area (Å²) in [5, 5.41) is 3.82. The predicted molar refractivity (Wildman–Crippen MR) is 117 cm³/mol. The Morgan fingerprint density at radius 3 is 2.69 bits per heavy atom. The molecule has 29 heavy (non-hydrogen) atoms. The van der Waals surface area contributed by atoms with Crippen molar-refractivity contribution in [2.75, 3.05) is 18.6 Å². The lowest BCUT2D eigenvalue weighted by atomic mass is 9.79. The SMILES string of the molecule is CCOC(=O)[C@H]1[C@@H]2NC(=S)N(c3ccc(Br)cc3)[C@@]1(C)Oc1ccc(OC)cc12. The Hall–Kier alpha value is -2.32. The van der Waals surface area contributed by atoms with Crippen molar-refractivity contribution in [2.24, 2.45) is 5.92 Å². The van der Waals surface area contributed by atoms with Gasteiger partial charge in [0, 0.05) is 15.7 Å². The van der Waals surface area contributed by atoms with Crippen LogP contribution in [0, 0.1) is 5.92 Å². The van der Waals surface area contributed by atoms with Gasteiger partial charge in [-0.1, -0.05) is 15.9 Å². The molecule has 2 aromatic carbocycles. The number of nitrogens with zero attached hydrogens (tertiary/aromatic N) is 1. The smallest absolute Gasteiger partial charge is 0.317 e. The number of fused-ring (bicyclic) bond motifs is 4. The number of nitrogens with one attached hydrogen (secondary N) is 1. The third-order valence-corrected chi connectivity index (χ3v) is 6.16. The third kappa shape index (κ3) is 3.24. The number of hydrogen-bond donors (Lipinski definition) is 1. The number of methoxy groups -OCH3 is 1. The molecule has 0 amide bonds. The van der Waals surface area contributed by atoms with Crippen LogP contribution in [0.3, 0.4) is 0 Å². The van der Waals surface area contributed by atoms with Crippen LogP contribution in [0.5, 0.6) is 11.5 Å². The van der Waals surface area contributed by atoms with Crippen LogP contribution in [0.4, 0.5) is 5.69 Å². The first-order valence-corrected chi connectivity index (χ1v) is 10.5. The molecular formula is C21H21BrN2O4S. The Bertz CT molecular complexity index is 968. The zero-order valence-electron chi connectivity index (χ0n) is 16.3. The number of halogens is 1. The fourth-order valence-electron chi connectivity index (χ4n) is 4.06. The summed E-state index contributed by atoms with van der Waals surface area (Å²) >= 11 is 9.16. The minimum atomic E-state index is -1.06. The molecule has 2 aromatic rings. The van der Waals surface area contributed by atoms with Gasteiger partial charge in [-0.25, -0.2) is 0 Å². The molecule has 2 aliphatic heterocycles. The highest BCUT2D eigenvalue weighted by Gasteiger charge is 2.59. The van der Waals surface area contributed by atoms with Crippen molar-refractivity contribution >= 4 is 44.9 Å². The summed E-state index contributed by atoms with van der Waals surface area (Å²) < 4.78 is 18.2. The van der Waals surface area contributed by atoms with E-state index in [1.54, 1.807) is 14.0 Å². The van der Waals surface area contributed by atoms with Crippen molar-refractivity contribution in [1.82, 2.24) is 5.32 Å². The lowest BCUT2D eigenvalue weighted by Gasteiger charge is -2.55. The molecule has 0 saturated carbocycles. The molecule has 8 heteroatoms. The first-order chi connectivity index (χ1) is 13.9. The zero-order valence-corrected chi connectivity index (χ0v) is 18.7. The van der Waals surface area contributed by atoms with Crippen molar-refractivity contribution in [2.45, 2.75) is 25.6 Å². The van der Waals surface area contributed by atoms with E-state index in [9.17, 15) is 4.79 Å². The van der Waals surface area contributed by atoms with Crippen molar-refractivity contribution in [3.05, 3.63) is 52.5 Å². The molecule has 2 bridgehead atoms. The Labute approximate surface area is 183 Å². The van der Waals surface area contributed by atoms with Gasteiger partial charge in [0.15, 0.2) is 5.11 Å². The number of rotatable bonds is 4. The topological polar surface area (TPSA) is 60.0 Å². The van der Waals surface area contributed by atoms with E-state index in [0.29, 0.717) is 16.6 Å². The predicted octanol–water partition coefficient (Wildman–Crippen LogP) is 4.18. The standard InChI is InChI=1S/C21H21BrN2O4S/c1-4-27-19(25)17-18-15-11-14(26-3)9-10-16(15)28-21(17,2)24(20(29)23-18)13-7-5-12(22)6-8-13/h5-11,17-18H,4H2,1-3H3,(H,23,29)/t17-,18-,21+/m1/s1. The normalized spacial score (nSPS) is 24.8. The van der Waals surface area contributed by atoms with Gasteiger partial charge in [-0.2, -0.15) is 0 Å². The van der Waals surface area contributed by atoms with Gasteiger partial charge in [0.05, 0.1) is 19.8 Å². The minimum absolute atomic E-state index is 0.284. The van der Waals surface area contributed by atoms with Crippen molar-refractivity contribution in [3.8, 4) is 11.5 Å². The highest BCUT2D eigenvalue weighted by atomic mass is 79.9. The second-order valence-corrected chi connectivity index (χ2v) is 8.33. The number of benzene rings is 2. The van der Waals surface area contributed by atoms with Gasteiger partial charge in [-0.15, -0.1) is 0 Å². The molecule has 0 radical (unpaired) electrons. The zero-order chi connectivity index (χ0) is 20.8. The summed E-state index contributed by atoms with van der Waals surface area (Å²) in [6.07, 6.45) is 0. The van der Waals surface area contributed by atoms with Gasteiger partial charge < -0.3 is 19.5 Å². The molecule has 152 valence electrons. The van der Waals surface area contributed by atoms with Crippen LogP contribution in [0.1, 0.15) is 25.5 Å². The molecule has 0 aliphatic carbocycles. The number of carbonyl (C=O) groups is 1. The molecule has 1 N–H and O–H groups in total. The Kier molecular flexibility index (Phi) is 5.16. The van der Waals surface area contributed by atoms with E-state index in [-0.39, 0.29) is 12.6 Å². The Morgan fingerprint density at radius 1 is 1.31 bits per heavy atom. The second kappa shape index (κ2) is 7.50. The maximum atomic E-state index is 13.1. The molecule has 2 aliphatic rings. The minimum Gasteiger partial charge on any atom is -0.497 e. The first-order valence-electron chi connectivity index (χ1n) is 9.29. The summed E-state index contributed by atoms with van der Waals surface area (Å²) in [5.41, 5.74) is 0.574. The number of ether oxygens (including phenoxy) is 3. The summed E-state index contributed by atoms with van der Waals surface area (Å²) in [5.74, 6) is 0.376. The molecule has 0 aromatic heterocycles. The van der Waals surface area contributed by atoms with Gasteiger partial charge in [0.25, 0.3) is 0 Å². The molecular weight excluding hydrogens is 456 g/mol. The summed E-state index contributed by atoms with van der Waals surface area (Å²) in [6, 6.07) is 12.9. The van der Waals surface area contributed by atoms with Gasteiger partial charge in [-0.05, 0) is 68.5 Å². The van der Waals surface area contributed by atoms with Gasteiger partial charge in [-0.3, -0.25) is 9.69 Å². The highest BCUT2D eigenvalue weighted by molar-refractivity contribution is 9.10. The Morgan fingerprint density at radius 2 is 2.03 bits per heavy atom. The monoisotopic (exact) mass is 476 g/mol. The maximum Gasteiger partial charge on any atom is 0.317 e. The average Bonchev–Trinajstić information content (AvgIpc) is 2.68. The second-order valence-electron chi connectivity index (χ2n) is 7.03. The lowest BCUT2D eigenvalue weighted by Crippen LogP contribution is -2.71. The van der Waals surface area contributed by atoms with Crippen LogP contribution in [0.15, 0.2) is 46.9 Å². The van der Waals surface area contributed by atoms with Crippen LogP contribution >= 0.6 is 28.1 Å². The molecule has 1 saturated heterocycles. The average molecular weight is 477 g/mol. The van der Waals surface area contributed by atoms with Crippen LogP contribution in [0.2, 0.25) is 0 Å². The third-order valence-electron chi connectivity index (χ3n) is 5.33. The number of carbonyl (C=O) groups excluding carboxylic acids is 1. The maximum absolute atomic E-state index is 13.1. The van der Waals surface area contributed by atoms with E-state index in [0.717, 1.165) is 15.7 Å². The first kappa shape index (κ1) is 20.0. The molecule has 2 heterocycles. The molecule has 3 atom stereocenters. The number of thiocarbonyl (C=S) groups is 1. The van der Waals surface area contributed by atoms with Gasteiger partial charge in [0.1, 0.15) is 17.4 Å². The van der Waals surface area contributed by atoms with Crippen LogP contribution < -0.4 is 19.7 Å². The van der Waals surface area contributed by atoms with Crippen LogP contribution in [-0.4, -0.2) is 30.5 Å². The van der Waals surface area contributed by atoms with Gasteiger partial charge in [0.2, 0.25) is 5.72 Å². The fourth-order valence-corrected chi connectivity index (χ4v) is 4.74. The van der Waals surface area contributed by atoms with Gasteiger partial charge >= 0.3 is 5.97 Å². The number of anilines is 1. The van der Waals surface area contributed by atoms with E-state index in [4.69, 9.17) is 26.4 Å². The highest BCUT2D eigenvalue weighted by Crippen LogP contribution is 2.50. The molecule has 0 spiro atoms. The van der Waals surface area contributed by atoms with E-state index in [1.165, 1.54) is 0 Å². The van der Waals surface area contributed by atoms with Crippen LogP contribution in [0.25, 0.3) is 0 Å². The molecule has 4 rings (SSSR count). The van der Waals surface area contributed by atoms with Crippen molar-refractivity contribution < 1.29 is 19.0 Å². The van der Waals surface area contributed by atoms with E-state index in [2.05, 4.69) is 21.2 Å². The van der Waals surface area contributed by atoms with Crippen molar-refractivity contribution in [3.63, 3.8) is 0 Å². The molecule has 0 unspecified atom stereocenters. The quantitative estimate of drug-likeness (QED) is 0.524. The number of hydrogen-bond acceptors (Lipinski definition) is 5. The molecule has 6 nitrogen and oxygen atoms in total. The van der Waals surface area contributed by atoms with E-state index < -0.39 is 17.7 Å². The van der Waals surface area contributed by atoms with Crippen LogP contribution in [-0.2, 0) is 9.53 Å². The van der Waals surface area contributed by atoms with Crippen molar-refractivity contribution in [1.29, 1.82) is 0 Å². The lowest BCUT2D eigenvalue weighted by molar-refractivity contribution is -0.159. The summed E-state index contributed by atoms with van der Waals surface area (Å²) in [6.45, 7) is 3.96. The molecule has 1 fully saturated rings. The Balaban J connectivity index is 1.88. The summed E-state index contributed by atoms with van der Waals surface area (Å²) in [4.78, 5) is 14.9. The van der Waals surface area contributed by atoms with E-state index in [1.807, 2.05) is 54.3 Å². The summed E-state index contributed by atoms with van der Waals surface area (Å²) in [7, 11) is 1.60. The fraction of sp³-hybridized carbons (Fsp3) is 0.333. The largest absolute Gasteiger partial charge is 0.497 e. The number of esters is 1.